The summed E-state index contributed by atoms with van der Waals surface area (Å²) in [5.74, 6) is -0.310. The minimum Gasteiger partial charge on any atom is -0.468 e. The molecule has 1 saturated heterocycles. The summed E-state index contributed by atoms with van der Waals surface area (Å²) in [6.45, 7) is 8.40. The minimum atomic E-state index is -0.802. The Kier molecular flexibility index (Phi) is 11.7. The van der Waals surface area contributed by atoms with E-state index in [9.17, 15) is 9.59 Å². The normalized spacial score (nSPS) is 16.9. The van der Waals surface area contributed by atoms with E-state index in [-0.39, 0.29) is 5.97 Å². The van der Waals surface area contributed by atoms with Crippen molar-refractivity contribution >= 4 is 35.5 Å². The third-order valence-corrected chi connectivity index (χ3v) is 10.7. The Balaban J connectivity index is 1.39. The summed E-state index contributed by atoms with van der Waals surface area (Å²) in [7, 11) is 1.44. The van der Waals surface area contributed by atoms with Gasteiger partial charge in [0.2, 0.25) is 0 Å². The molecule has 3 unspecified atom stereocenters. The Morgan fingerprint density at radius 2 is 1.31 bits per heavy atom. The van der Waals surface area contributed by atoms with Crippen molar-refractivity contribution in [1.29, 1.82) is 0 Å². The molecule has 0 aliphatic carbocycles. The third kappa shape index (κ3) is 8.20. The molecule has 0 saturated carbocycles. The molecule has 270 valence electrons. The van der Waals surface area contributed by atoms with E-state index in [0.717, 1.165) is 23.2 Å². The number of hydrogen-bond acceptors (Lipinski definition) is 7. The van der Waals surface area contributed by atoms with Crippen molar-refractivity contribution in [3.05, 3.63) is 156 Å². The van der Waals surface area contributed by atoms with Gasteiger partial charge in [-0.3, -0.25) is 14.6 Å². The van der Waals surface area contributed by atoms with Gasteiger partial charge in [0.15, 0.2) is 0 Å². The van der Waals surface area contributed by atoms with Gasteiger partial charge in [-0.25, -0.2) is 4.79 Å². The monoisotopic (exact) mass is 715 g/mol. The molecular weight excluding hydrogens is 667 g/mol. The van der Waals surface area contributed by atoms with Crippen molar-refractivity contribution in [3.8, 4) is 0 Å². The van der Waals surface area contributed by atoms with Gasteiger partial charge in [0.05, 0.1) is 18.6 Å². The first-order chi connectivity index (χ1) is 25.1. The summed E-state index contributed by atoms with van der Waals surface area (Å²) in [5.41, 5.74) is 2.81. The molecule has 1 fully saturated rings. The van der Waals surface area contributed by atoms with Crippen LogP contribution in [0.3, 0.4) is 0 Å². The van der Waals surface area contributed by atoms with Crippen LogP contribution in [0, 0.1) is 0 Å². The Morgan fingerprint density at radius 3 is 1.87 bits per heavy atom. The Labute approximate surface area is 313 Å². The van der Waals surface area contributed by atoms with Crippen LogP contribution in [0.2, 0.25) is 0 Å². The Morgan fingerprint density at radius 1 is 0.769 bits per heavy atom. The zero-order chi connectivity index (χ0) is 36.7. The van der Waals surface area contributed by atoms with Gasteiger partial charge in [-0.2, -0.15) is 12.6 Å². The summed E-state index contributed by atoms with van der Waals surface area (Å²) < 4.78 is 11.3. The van der Waals surface area contributed by atoms with Gasteiger partial charge >= 0.3 is 12.1 Å². The van der Waals surface area contributed by atoms with Crippen LogP contribution in [0.5, 0.6) is 0 Å². The molecular formula is C44H49N3O4S. The molecule has 0 radical (unpaired) electrons. The first kappa shape index (κ1) is 37.1. The molecule has 7 nitrogen and oxygen atoms in total. The number of methoxy groups -OCH3 is 1. The molecule has 5 aromatic carbocycles. The van der Waals surface area contributed by atoms with Gasteiger partial charge in [-0.15, -0.1) is 0 Å². The fraction of sp³-hybridized carbons (Fsp3) is 0.318. The van der Waals surface area contributed by atoms with Crippen molar-refractivity contribution in [2.75, 3.05) is 33.3 Å². The fourth-order valence-electron chi connectivity index (χ4n) is 7.62. The number of fused-ring (bicyclic) bond motifs is 1. The van der Waals surface area contributed by atoms with Crippen LogP contribution >= 0.6 is 12.6 Å². The van der Waals surface area contributed by atoms with Crippen LogP contribution in [-0.2, 0) is 26.2 Å². The van der Waals surface area contributed by atoms with Crippen LogP contribution in [0.1, 0.15) is 43.0 Å². The summed E-state index contributed by atoms with van der Waals surface area (Å²) in [4.78, 5) is 31.7. The summed E-state index contributed by atoms with van der Waals surface area (Å²) in [6, 6.07) is 44.6. The van der Waals surface area contributed by atoms with E-state index in [1.807, 2.05) is 75.4 Å². The summed E-state index contributed by atoms with van der Waals surface area (Å²) >= 11 is 5.52. The van der Waals surface area contributed by atoms with Crippen LogP contribution < -0.4 is 5.32 Å². The lowest BCUT2D eigenvalue weighted by molar-refractivity contribution is -0.149. The summed E-state index contributed by atoms with van der Waals surface area (Å²) in [5, 5.41) is 5.13. The zero-order valence-corrected chi connectivity index (χ0v) is 31.3. The van der Waals surface area contributed by atoms with Crippen molar-refractivity contribution in [2.45, 2.75) is 55.7 Å². The van der Waals surface area contributed by atoms with Gasteiger partial charge in [0, 0.05) is 38.0 Å². The number of benzene rings is 5. The molecule has 0 bridgehead atoms. The predicted octanol–water partition coefficient (Wildman–Crippen LogP) is 7.73. The molecule has 3 atom stereocenters. The average Bonchev–Trinajstić information content (AvgIpc) is 3.16. The van der Waals surface area contributed by atoms with Gasteiger partial charge in [-0.05, 0) is 53.8 Å². The molecule has 6 rings (SSSR count). The second kappa shape index (κ2) is 16.4. The highest BCUT2D eigenvalue weighted by atomic mass is 32.1. The largest absolute Gasteiger partial charge is 0.468 e. The number of piperazine rings is 1. The highest BCUT2D eigenvalue weighted by molar-refractivity contribution is 7.81. The van der Waals surface area contributed by atoms with Crippen LogP contribution in [0.25, 0.3) is 10.8 Å². The van der Waals surface area contributed by atoms with E-state index in [1.54, 1.807) is 0 Å². The van der Waals surface area contributed by atoms with Gasteiger partial charge in [0.1, 0.15) is 11.6 Å². The molecule has 5 aromatic rings. The quantitative estimate of drug-likeness (QED) is 0.0830. The Hall–Kier alpha value is -4.63. The maximum atomic E-state index is 13.7. The second-order valence-electron chi connectivity index (χ2n) is 14.5. The van der Waals surface area contributed by atoms with Crippen molar-refractivity contribution in [3.63, 3.8) is 0 Å². The van der Waals surface area contributed by atoms with E-state index in [2.05, 4.69) is 94.0 Å². The molecule has 1 aliphatic rings. The number of thiol groups is 1. The molecule has 8 heteroatoms. The maximum Gasteiger partial charge on any atom is 0.407 e. The number of ether oxygens (including phenoxy) is 2. The number of nitrogens with one attached hydrogen (secondary N) is 1. The van der Waals surface area contributed by atoms with Crippen molar-refractivity contribution in [1.82, 2.24) is 15.1 Å². The van der Waals surface area contributed by atoms with Gasteiger partial charge in [0.25, 0.3) is 0 Å². The van der Waals surface area contributed by atoms with Crippen LogP contribution in [-0.4, -0.2) is 78.1 Å². The number of nitrogens with zero attached hydrogens (tertiary/aromatic N) is 2. The van der Waals surface area contributed by atoms with Gasteiger partial charge in [-0.1, -0.05) is 133 Å². The van der Waals surface area contributed by atoms with Crippen LogP contribution in [0.15, 0.2) is 133 Å². The first-order valence-electron chi connectivity index (χ1n) is 17.9. The number of amides is 1. The summed E-state index contributed by atoms with van der Waals surface area (Å²) in [6.07, 6.45) is -0.538. The zero-order valence-electron chi connectivity index (χ0n) is 30.4. The van der Waals surface area contributed by atoms with Crippen LogP contribution in [0.4, 0.5) is 4.79 Å². The molecule has 1 heterocycles. The molecule has 0 aromatic heterocycles. The number of hydrogen-bond donors (Lipinski definition) is 2. The number of esters is 1. The highest BCUT2D eigenvalue weighted by Crippen LogP contribution is 2.46. The van der Waals surface area contributed by atoms with E-state index in [1.165, 1.54) is 23.4 Å². The maximum absolute atomic E-state index is 13.7. The third-order valence-electron chi connectivity index (χ3n) is 9.97. The lowest BCUT2D eigenvalue weighted by Crippen LogP contribution is -2.62. The SMILES string of the molecule is COC(=O)C1CN(Cc2cccc3ccccc23)CCN1CC(NC(=O)OC(C)(C)C)C(S)C(c1ccccc1)(c1ccccc1)c1ccccc1. The standard InChI is InChI=1S/C44H49N3O4S/c1-43(2,3)51-42(49)45-38(40(52)44(34-20-8-5-9-21-34,35-22-10-6-11-23-35)36-24-12-7-13-25-36)30-47-28-27-46(31-39(47)41(48)50-4)29-33-19-16-18-32-17-14-15-26-37(32)33/h5-26,38-40,52H,27-31H2,1-4H3,(H,45,49). The minimum absolute atomic E-state index is 0.310. The lowest BCUT2D eigenvalue weighted by Gasteiger charge is -2.47. The van der Waals surface area contributed by atoms with Crippen molar-refractivity contribution < 1.29 is 19.1 Å². The number of alkyl carbamates (subject to hydrolysis) is 1. The molecule has 0 spiro atoms. The van der Waals surface area contributed by atoms with Gasteiger partial charge < -0.3 is 14.8 Å². The van der Waals surface area contributed by atoms with E-state index in [0.29, 0.717) is 26.2 Å². The average molecular weight is 716 g/mol. The van der Waals surface area contributed by atoms with E-state index in [4.69, 9.17) is 22.1 Å². The second-order valence-corrected chi connectivity index (χ2v) is 15.1. The Bertz CT molecular complexity index is 1830. The number of carbonyl (C=O) groups excluding carboxylic acids is 2. The van der Waals surface area contributed by atoms with E-state index >= 15 is 0 Å². The number of rotatable bonds is 11. The predicted molar refractivity (Wildman–Crippen MR) is 212 cm³/mol. The van der Waals surface area contributed by atoms with Crippen molar-refractivity contribution in [2.24, 2.45) is 0 Å². The van der Waals surface area contributed by atoms with E-state index < -0.39 is 34.4 Å². The molecule has 52 heavy (non-hydrogen) atoms. The number of carbonyl (C=O) groups is 2. The highest BCUT2D eigenvalue weighted by Gasteiger charge is 2.47. The lowest BCUT2D eigenvalue weighted by atomic mass is 9.65. The molecule has 1 aliphatic heterocycles. The topological polar surface area (TPSA) is 71.1 Å². The molecule has 1 amide bonds. The fourth-order valence-corrected chi connectivity index (χ4v) is 8.24. The molecule has 1 N–H and O–H groups in total. The smallest absolute Gasteiger partial charge is 0.407 e. The first-order valence-corrected chi connectivity index (χ1v) is 18.5.